The zero-order chi connectivity index (χ0) is 17.9. The van der Waals surface area contributed by atoms with Crippen LogP contribution in [0.4, 0.5) is 0 Å². The van der Waals surface area contributed by atoms with Gasteiger partial charge in [-0.2, -0.15) is 0 Å². The number of benzene rings is 1. The number of hydrogen-bond donors (Lipinski definition) is 1. The first-order chi connectivity index (χ1) is 12.0. The van der Waals surface area contributed by atoms with Gasteiger partial charge in [0.25, 0.3) is 0 Å². The number of hydrogen-bond acceptors (Lipinski definition) is 3. The van der Waals surface area contributed by atoms with E-state index in [4.69, 9.17) is 0 Å². The number of imidazole rings is 1. The van der Waals surface area contributed by atoms with E-state index >= 15 is 0 Å². The summed E-state index contributed by atoms with van der Waals surface area (Å²) in [5.74, 6) is 0.688. The van der Waals surface area contributed by atoms with Gasteiger partial charge in [-0.3, -0.25) is 0 Å². The van der Waals surface area contributed by atoms with Crippen LogP contribution >= 0.6 is 0 Å². The van der Waals surface area contributed by atoms with Gasteiger partial charge in [0, 0.05) is 18.3 Å². The predicted octanol–water partition coefficient (Wildman–Crippen LogP) is 3.60. The molecule has 0 saturated heterocycles. The van der Waals surface area contributed by atoms with Crippen molar-refractivity contribution in [3.05, 3.63) is 36.3 Å². The lowest BCUT2D eigenvalue weighted by Gasteiger charge is -2.22. The summed E-state index contributed by atoms with van der Waals surface area (Å²) in [6, 6.07) is 5.45. The third-order valence-corrected chi connectivity index (χ3v) is 6.58. The summed E-state index contributed by atoms with van der Waals surface area (Å²) in [6.45, 7) is 2.91. The van der Waals surface area contributed by atoms with Crippen LogP contribution in [0.3, 0.4) is 0 Å². The van der Waals surface area contributed by atoms with Crippen LogP contribution in [-0.4, -0.2) is 25.0 Å². The van der Waals surface area contributed by atoms with Crippen molar-refractivity contribution in [3.63, 3.8) is 0 Å². The fraction of sp³-hybridized carbons (Fsp3) is 0.526. The minimum absolute atomic E-state index is 0.295. The molecule has 0 aliphatic heterocycles. The smallest absolute Gasteiger partial charge is 0.240 e. The molecule has 1 aromatic heterocycles. The Bertz CT molecular complexity index is 821. The van der Waals surface area contributed by atoms with Gasteiger partial charge in [0.2, 0.25) is 10.0 Å². The zero-order valence-corrected chi connectivity index (χ0v) is 15.8. The Kier molecular flexibility index (Phi) is 5.59. The molecular formula is C19H27N3O2S. The van der Waals surface area contributed by atoms with Gasteiger partial charge in [0.05, 0.1) is 16.9 Å². The van der Waals surface area contributed by atoms with Gasteiger partial charge in [0.1, 0.15) is 0 Å². The topological polar surface area (TPSA) is 64.0 Å². The van der Waals surface area contributed by atoms with Gasteiger partial charge in [0.15, 0.2) is 0 Å². The van der Waals surface area contributed by atoms with Crippen LogP contribution in [-0.2, 0) is 23.0 Å². The highest BCUT2D eigenvalue weighted by Gasteiger charge is 2.20. The van der Waals surface area contributed by atoms with Crippen LogP contribution in [0.5, 0.6) is 0 Å². The first-order valence-electron chi connectivity index (χ1n) is 9.12. The summed E-state index contributed by atoms with van der Waals surface area (Å²) in [5, 5.41) is 0. The molecule has 136 valence electrons. The summed E-state index contributed by atoms with van der Waals surface area (Å²) in [4.78, 5) is 4.80. The summed E-state index contributed by atoms with van der Waals surface area (Å²) in [6.07, 6.45) is 11.3. The Labute approximate surface area is 150 Å². The van der Waals surface area contributed by atoms with Crippen molar-refractivity contribution >= 4 is 10.0 Å². The Hall–Kier alpha value is -1.66. The highest BCUT2D eigenvalue weighted by Crippen LogP contribution is 2.32. The van der Waals surface area contributed by atoms with E-state index in [0.29, 0.717) is 10.8 Å². The molecule has 0 amide bonds. The monoisotopic (exact) mass is 361 g/mol. The molecule has 1 heterocycles. The number of nitrogens with zero attached hydrogens (tertiary/aromatic N) is 2. The molecule has 2 aromatic rings. The Balaban J connectivity index is 2.00. The van der Waals surface area contributed by atoms with Gasteiger partial charge in [-0.1, -0.05) is 38.2 Å². The third-order valence-electron chi connectivity index (χ3n) is 5.17. The molecule has 3 rings (SSSR count). The van der Waals surface area contributed by atoms with Gasteiger partial charge in [-0.25, -0.2) is 18.1 Å². The molecule has 6 heteroatoms. The maximum absolute atomic E-state index is 12.2. The Morgan fingerprint density at radius 2 is 2.00 bits per heavy atom. The molecule has 1 aliphatic rings. The lowest BCUT2D eigenvalue weighted by atomic mass is 9.83. The van der Waals surface area contributed by atoms with Crippen molar-refractivity contribution < 1.29 is 8.42 Å². The fourth-order valence-corrected chi connectivity index (χ4v) is 4.39. The van der Waals surface area contributed by atoms with Crippen molar-refractivity contribution in [3.8, 4) is 11.3 Å². The normalized spacial score (nSPS) is 16.2. The molecule has 0 unspecified atom stereocenters. The van der Waals surface area contributed by atoms with E-state index in [9.17, 15) is 8.42 Å². The molecule has 1 fully saturated rings. The number of rotatable bonds is 6. The van der Waals surface area contributed by atoms with Crippen molar-refractivity contribution in [2.75, 3.05) is 7.05 Å². The van der Waals surface area contributed by atoms with Gasteiger partial charge < -0.3 is 4.57 Å². The van der Waals surface area contributed by atoms with Crippen LogP contribution in [0.2, 0.25) is 0 Å². The average Bonchev–Trinajstić information content (AvgIpc) is 3.12. The molecule has 1 aromatic carbocycles. The van der Waals surface area contributed by atoms with Crippen molar-refractivity contribution in [2.45, 2.75) is 56.9 Å². The summed E-state index contributed by atoms with van der Waals surface area (Å²) in [5.41, 5.74) is 2.98. The van der Waals surface area contributed by atoms with Crippen LogP contribution in [0, 0.1) is 5.92 Å². The summed E-state index contributed by atoms with van der Waals surface area (Å²) < 4.78 is 28.8. The van der Waals surface area contributed by atoms with Gasteiger partial charge in [-0.15, -0.1) is 0 Å². The van der Waals surface area contributed by atoms with Gasteiger partial charge in [-0.05, 0) is 44.0 Å². The molecule has 0 spiro atoms. The Morgan fingerprint density at radius 1 is 1.24 bits per heavy atom. The van der Waals surface area contributed by atoms with E-state index in [-0.39, 0.29) is 0 Å². The Morgan fingerprint density at radius 3 is 2.64 bits per heavy atom. The van der Waals surface area contributed by atoms with E-state index in [0.717, 1.165) is 24.2 Å². The van der Waals surface area contributed by atoms with Crippen LogP contribution < -0.4 is 4.72 Å². The van der Waals surface area contributed by atoms with Gasteiger partial charge >= 0.3 is 0 Å². The fourth-order valence-electron chi connectivity index (χ4n) is 3.63. The quantitative estimate of drug-likeness (QED) is 0.855. The van der Waals surface area contributed by atoms with E-state index < -0.39 is 10.0 Å². The first-order valence-corrected chi connectivity index (χ1v) is 10.6. The highest BCUT2D eigenvalue weighted by molar-refractivity contribution is 7.89. The second-order valence-corrected chi connectivity index (χ2v) is 8.71. The van der Waals surface area contributed by atoms with Crippen molar-refractivity contribution in [2.24, 2.45) is 5.92 Å². The molecule has 1 aliphatic carbocycles. The lowest BCUT2D eigenvalue weighted by molar-refractivity contribution is 0.357. The predicted molar refractivity (Wildman–Crippen MR) is 99.9 cm³/mol. The molecule has 1 saturated carbocycles. The number of aromatic nitrogens is 2. The van der Waals surface area contributed by atoms with Crippen LogP contribution in [0.15, 0.2) is 35.6 Å². The summed E-state index contributed by atoms with van der Waals surface area (Å²) in [7, 11) is -2.02. The van der Waals surface area contributed by atoms with E-state index in [1.165, 1.54) is 44.7 Å². The second-order valence-electron chi connectivity index (χ2n) is 6.82. The summed E-state index contributed by atoms with van der Waals surface area (Å²) >= 11 is 0. The molecule has 0 radical (unpaired) electrons. The second kappa shape index (κ2) is 7.70. The number of aryl methyl sites for hydroxylation is 1. The molecular weight excluding hydrogens is 334 g/mol. The van der Waals surface area contributed by atoms with E-state index in [1.807, 2.05) is 16.8 Å². The van der Waals surface area contributed by atoms with Crippen molar-refractivity contribution in [1.29, 1.82) is 0 Å². The number of nitrogens with one attached hydrogen (secondary N) is 1. The van der Waals surface area contributed by atoms with Crippen LogP contribution in [0.25, 0.3) is 11.3 Å². The molecule has 1 N–H and O–H groups in total. The minimum Gasteiger partial charge on any atom is -0.337 e. The molecule has 25 heavy (non-hydrogen) atoms. The third kappa shape index (κ3) is 4.12. The van der Waals surface area contributed by atoms with E-state index in [1.54, 1.807) is 18.5 Å². The average molecular weight is 362 g/mol. The molecule has 0 atom stereocenters. The van der Waals surface area contributed by atoms with Crippen LogP contribution in [0.1, 0.15) is 44.6 Å². The first kappa shape index (κ1) is 18.1. The SMILES string of the molecule is CCn1cnc(-c2cc(S(=O)(=O)NC)ccc2CC2CCCCC2)c1. The molecule has 0 bridgehead atoms. The maximum Gasteiger partial charge on any atom is 0.240 e. The maximum atomic E-state index is 12.2. The standard InChI is InChI=1S/C19H27N3O2S/c1-3-22-13-19(21-14-22)18-12-17(25(23,24)20-2)10-9-16(18)11-15-7-5-4-6-8-15/h9-10,12-15,20H,3-8,11H2,1-2H3. The number of sulfonamides is 1. The van der Waals surface area contributed by atoms with Crippen molar-refractivity contribution in [1.82, 2.24) is 14.3 Å². The largest absolute Gasteiger partial charge is 0.337 e. The minimum atomic E-state index is -3.46. The highest BCUT2D eigenvalue weighted by atomic mass is 32.2. The molecule has 5 nitrogen and oxygen atoms in total. The zero-order valence-electron chi connectivity index (χ0n) is 15.0. The lowest BCUT2D eigenvalue weighted by Crippen LogP contribution is -2.19. The van der Waals surface area contributed by atoms with E-state index in [2.05, 4.69) is 16.6 Å².